The van der Waals surface area contributed by atoms with Crippen LogP contribution in [0.3, 0.4) is 0 Å². The molecular weight excluding hydrogens is 314 g/mol. The quantitative estimate of drug-likeness (QED) is 0.730. The van der Waals surface area contributed by atoms with Crippen molar-refractivity contribution >= 4 is 5.65 Å². The number of hydrogen-bond donors (Lipinski definition) is 0. The SMILES string of the molecule is [2H]c1cn2ccc(C3CC3)nc2c(-c2ccc(OC(F)F)cc2)c1=O. The molecule has 4 nitrogen and oxygen atoms in total. The second-order valence-electron chi connectivity index (χ2n) is 5.74. The number of alkyl halides is 2. The number of rotatable bonds is 4. The second kappa shape index (κ2) is 5.70. The molecule has 1 aliphatic rings. The largest absolute Gasteiger partial charge is 0.435 e. The first kappa shape index (κ1) is 13.7. The minimum atomic E-state index is -2.91. The van der Waals surface area contributed by atoms with Gasteiger partial charge in [0.25, 0.3) is 0 Å². The van der Waals surface area contributed by atoms with Gasteiger partial charge in [0.05, 0.1) is 6.93 Å². The first-order valence-electron chi connectivity index (χ1n) is 8.10. The lowest BCUT2D eigenvalue weighted by atomic mass is 10.1. The van der Waals surface area contributed by atoms with Crippen LogP contribution in [0.25, 0.3) is 16.8 Å². The summed E-state index contributed by atoms with van der Waals surface area (Å²) in [5.74, 6) is 0.433. The van der Waals surface area contributed by atoms with Gasteiger partial charge in [0.1, 0.15) is 11.4 Å². The van der Waals surface area contributed by atoms with Crippen molar-refractivity contribution in [3.63, 3.8) is 0 Å². The van der Waals surface area contributed by atoms with Gasteiger partial charge < -0.3 is 9.14 Å². The molecule has 6 heteroatoms. The monoisotopic (exact) mass is 329 g/mol. The summed E-state index contributed by atoms with van der Waals surface area (Å²) in [7, 11) is 0. The van der Waals surface area contributed by atoms with Crippen molar-refractivity contribution in [3.8, 4) is 16.9 Å². The maximum atomic E-state index is 12.6. The lowest BCUT2D eigenvalue weighted by Crippen LogP contribution is -2.09. The topological polar surface area (TPSA) is 43.6 Å². The summed E-state index contributed by atoms with van der Waals surface area (Å²) in [5, 5.41) is 0. The van der Waals surface area contributed by atoms with Gasteiger partial charge in [0, 0.05) is 30.0 Å². The van der Waals surface area contributed by atoms with E-state index >= 15 is 0 Å². The van der Waals surface area contributed by atoms with Crippen LogP contribution >= 0.6 is 0 Å². The van der Waals surface area contributed by atoms with Crippen LogP contribution in [-0.2, 0) is 0 Å². The summed E-state index contributed by atoms with van der Waals surface area (Å²) >= 11 is 0. The van der Waals surface area contributed by atoms with Gasteiger partial charge in [0.15, 0.2) is 5.43 Å². The molecule has 2 aromatic heterocycles. The highest BCUT2D eigenvalue weighted by Gasteiger charge is 2.25. The van der Waals surface area contributed by atoms with Crippen molar-refractivity contribution in [1.29, 1.82) is 0 Å². The van der Waals surface area contributed by atoms with Crippen LogP contribution < -0.4 is 10.2 Å². The van der Waals surface area contributed by atoms with Crippen molar-refractivity contribution in [2.45, 2.75) is 25.4 Å². The highest BCUT2D eigenvalue weighted by molar-refractivity contribution is 5.77. The fourth-order valence-electron chi connectivity index (χ4n) is 2.71. The zero-order chi connectivity index (χ0) is 17.6. The average Bonchev–Trinajstić information content (AvgIpc) is 3.41. The van der Waals surface area contributed by atoms with Gasteiger partial charge in [-0.25, -0.2) is 4.98 Å². The highest BCUT2D eigenvalue weighted by Crippen LogP contribution is 2.39. The van der Waals surface area contributed by atoms with Crippen molar-refractivity contribution in [2.75, 3.05) is 0 Å². The summed E-state index contributed by atoms with van der Waals surface area (Å²) in [6.45, 7) is -2.91. The maximum absolute atomic E-state index is 12.6. The first-order valence-corrected chi connectivity index (χ1v) is 7.60. The Kier molecular flexibility index (Phi) is 3.25. The van der Waals surface area contributed by atoms with Crippen LogP contribution in [0, 0.1) is 0 Å². The standard InChI is InChI=1S/C18H14F2N2O2/c19-18(20)24-13-5-3-12(4-6-13)16-15(23)8-10-22-9-7-14(11-1-2-11)21-17(16)22/h3-11,18H,1-2H2/i8D. The van der Waals surface area contributed by atoms with E-state index in [0.717, 1.165) is 18.5 Å². The van der Waals surface area contributed by atoms with E-state index < -0.39 is 12.0 Å². The summed E-state index contributed by atoms with van der Waals surface area (Å²) in [4.78, 5) is 17.2. The van der Waals surface area contributed by atoms with E-state index in [9.17, 15) is 13.6 Å². The minimum Gasteiger partial charge on any atom is -0.435 e. The number of benzene rings is 1. The Bertz CT molecular complexity index is 998. The van der Waals surface area contributed by atoms with Crippen LogP contribution in [-0.4, -0.2) is 16.0 Å². The number of pyridine rings is 1. The van der Waals surface area contributed by atoms with Crippen LogP contribution in [0.15, 0.2) is 53.6 Å². The third-order valence-corrected chi connectivity index (χ3v) is 4.03. The summed E-state index contributed by atoms with van der Waals surface area (Å²) in [6, 6.07) is 7.55. The average molecular weight is 329 g/mol. The van der Waals surface area contributed by atoms with Gasteiger partial charge in [-0.3, -0.25) is 4.79 Å². The Labute approximate surface area is 137 Å². The Hall–Kier alpha value is -2.76. The molecule has 0 N–H and O–H groups in total. The van der Waals surface area contributed by atoms with Crippen molar-refractivity contribution in [3.05, 3.63) is 64.7 Å². The molecule has 2 heterocycles. The van der Waals surface area contributed by atoms with Crippen molar-refractivity contribution in [1.82, 2.24) is 9.38 Å². The van der Waals surface area contributed by atoms with Gasteiger partial charge in [-0.2, -0.15) is 8.78 Å². The molecule has 0 radical (unpaired) electrons. The molecule has 1 aromatic carbocycles. The molecule has 0 unspecified atom stereocenters. The smallest absolute Gasteiger partial charge is 0.387 e. The fourth-order valence-corrected chi connectivity index (χ4v) is 2.71. The van der Waals surface area contributed by atoms with Crippen LogP contribution in [0.4, 0.5) is 8.78 Å². The van der Waals surface area contributed by atoms with Crippen LogP contribution in [0.5, 0.6) is 5.75 Å². The Morgan fingerprint density at radius 1 is 1.21 bits per heavy atom. The number of fused-ring (bicyclic) bond motifs is 1. The van der Waals surface area contributed by atoms with Crippen molar-refractivity contribution < 1.29 is 14.9 Å². The highest BCUT2D eigenvalue weighted by atomic mass is 19.3. The van der Waals surface area contributed by atoms with Gasteiger partial charge in [-0.15, -0.1) is 0 Å². The van der Waals surface area contributed by atoms with E-state index in [1.54, 1.807) is 10.6 Å². The van der Waals surface area contributed by atoms with Crippen LogP contribution in [0.2, 0.25) is 0 Å². The van der Waals surface area contributed by atoms with E-state index in [1.165, 1.54) is 30.5 Å². The van der Waals surface area contributed by atoms with Crippen molar-refractivity contribution in [2.24, 2.45) is 0 Å². The van der Waals surface area contributed by atoms with Gasteiger partial charge in [-0.1, -0.05) is 12.1 Å². The van der Waals surface area contributed by atoms with E-state index in [2.05, 4.69) is 9.72 Å². The fraction of sp³-hybridized carbons (Fsp3) is 0.222. The molecular formula is C18H14F2N2O2. The zero-order valence-corrected chi connectivity index (χ0v) is 12.6. The Balaban J connectivity index is 1.88. The number of aromatic nitrogens is 2. The second-order valence-corrected chi connectivity index (χ2v) is 5.74. The molecule has 3 aromatic rings. The molecule has 1 aliphatic carbocycles. The van der Waals surface area contributed by atoms with E-state index in [1.807, 2.05) is 6.07 Å². The number of nitrogens with zero attached hydrogens (tertiary/aromatic N) is 2. The van der Waals surface area contributed by atoms with Gasteiger partial charge in [0.2, 0.25) is 0 Å². The molecule has 0 saturated heterocycles. The Morgan fingerprint density at radius 2 is 1.96 bits per heavy atom. The lowest BCUT2D eigenvalue weighted by Gasteiger charge is -2.10. The molecule has 0 spiro atoms. The molecule has 24 heavy (non-hydrogen) atoms. The number of hydrogen-bond acceptors (Lipinski definition) is 3. The van der Waals surface area contributed by atoms with E-state index in [4.69, 9.17) is 1.37 Å². The van der Waals surface area contributed by atoms with Gasteiger partial charge in [-0.05, 0) is 36.6 Å². The molecule has 1 fully saturated rings. The lowest BCUT2D eigenvalue weighted by molar-refractivity contribution is -0.0498. The first-order chi connectivity index (χ1) is 12.0. The molecule has 0 bridgehead atoms. The summed E-state index contributed by atoms with van der Waals surface area (Å²) < 4.78 is 38.4. The minimum absolute atomic E-state index is 0.0109. The normalized spacial score (nSPS) is 14.9. The molecule has 0 aliphatic heterocycles. The Morgan fingerprint density at radius 3 is 2.62 bits per heavy atom. The van der Waals surface area contributed by atoms with E-state index in [0.29, 0.717) is 22.7 Å². The number of halogens is 2. The summed E-state index contributed by atoms with van der Waals surface area (Å²) in [5.41, 5.74) is 1.75. The molecule has 0 amide bonds. The maximum Gasteiger partial charge on any atom is 0.387 e. The molecule has 0 atom stereocenters. The summed E-state index contributed by atoms with van der Waals surface area (Å²) in [6.07, 6.45) is 5.39. The van der Waals surface area contributed by atoms with Gasteiger partial charge >= 0.3 is 6.61 Å². The van der Waals surface area contributed by atoms with E-state index in [-0.39, 0.29) is 11.8 Å². The predicted molar refractivity (Wildman–Crippen MR) is 85.5 cm³/mol. The molecule has 1 saturated carbocycles. The predicted octanol–water partition coefficient (Wildman–Crippen LogP) is 3.84. The van der Waals surface area contributed by atoms with Crippen LogP contribution in [0.1, 0.15) is 25.8 Å². The number of ether oxygens (including phenoxy) is 1. The molecule has 122 valence electrons. The molecule has 4 rings (SSSR count). The zero-order valence-electron chi connectivity index (χ0n) is 13.6. The third-order valence-electron chi connectivity index (χ3n) is 4.03. The third kappa shape index (κ3) is 2.75.